The fraction of sp³-hybridized carbons (Fsp3) is 0.105. The van der Waals surface area contributed by atoms with E-state index in [1.807, 2.05) is 18.2 Å². The lowest BCUT2D eigenvalue weighted by Gasteiger charge is -2.09. The number of carbonyl (C=O) groups is 1. The molecule has 0 aliphatic heterocycles. The molecule has 27 heavy (non-hydrogen) atoms. The Labute approximate surface area is 154 Å². The highest BCUT2D eigenvalue weighted by molar-refractivity contribution is 5.92. The molecule has 0 saturated carbocycles. The average Bonchev–Trinajstić information content (AvgIpc) is 2.69. The van der Waals surface area contributed by atoms with Crippen LogP contribution >= 0.6 is 0 Å². The number of aromatic nitrogens is 2. The van der Waals surface area contributed by atoms with E-state index >= 15 is 0 Å². The zero-order valence-corrected chi connectivity index (χ0v) is 14.4. The quantitative estimate of drug-likeness (QED) is 0.695. The van der Waals surface area contributed by atoms with Gasteiger partial charge in [-0.3, -0.25) is 4.79 Å². The van der Waals surface area contributed by atoms with E-state index in [-0.39, 0.29) is 12.2 Å². The molecule has 0 aliphatic rings. The zero-order valence-electron chi connectivity index (χ0n) is 14.4. The number of para-hydroxylation sites is 1. The maximum atomic E-state index is 13.2. The molecule has 1 amide bonds. The molecule has 1 heterocycles. The van der Waals surface area contributed by atoms with Crippen molar-refractivity contribution >= 4 is 17.4 Å². The van der Waals surface area contributed by atoms with E-state index in [1.165, 1.54) is 18.2 Å². The normalized spacial score (nSPS) is 10.3. The van der Waals surface area contributed by atoms with Crippen LogP contribution in [-0.2, 0) is 6.54 Å². The third-order valence-corrected chi connectivity index (χ3v) is 3.72. The van der Waals surface area contributed by atoms with Crippen LogP contribution in [0.3, 0.4) is 0 Å². The summed E-state index contributed by atoms with van der Waals surface area (Å²) in [4.78, 5) is 12.2. The van der Waals surface area contributed by atoms with E-state index in [4.69, 9.17) is 4.74 Å². The number of hydrogen-bond donors (Lipinski definition) is 2. The first-order chi connectivity index (χ1) is 13.1. The molecule has 0 unspecified atom stereocenters. The molecule has 0 atom stereocenters. The number of amides is 1. The van der Waals surface area contributed by atoms with Gasteiger partial charge in [0.2, 0.25) is 0 Å². The summed E-state index contributed by atoms with van der Waals surface area (Å²) < 4.78 is 31.4. The molecular formula is C19H16F2N4O2. The number of halogens is 2. The summed E-state index contributed by atoms with van der Waals surface area (Å²) in [5, 5.41) is 13.2. The van der Waals surface area contributed by atoms with Crippen molar-refractivity contribution in [3.05, 3.63) is 77.5 Å². The highest BCUT2D eigenvalue weighted by atomic mass is 19.2. The molecule has 1 aromatic heterocycles. The maximum Gasteiger partial charge on any atom is 0.272 e. The number of carbonyl (C=O) groups excluding carboxylic acids is 1. The average molecular weight is 370 g/mol. The smallest absolute Gasteiger partial charge is 0.272 e. The summed E-state index contributed by atoms with van der Waals surface area (Å²) in [6.45, 7) is 0.277. The molecule has 2 aromatic carbocycles. The molecule has 0 radical (unpaired) electrons. The van der Waals surface area contributed by atoms with Crippen molar-refractivity contribution in [3.63, 3.8) is 0 Å². The van der Waals surface area contributed by atoms with Gasteiger partial charge in [0.1, 0.15) is 5.75 Å². The Morgan fingerprint density at radius 1 is 1.04 bits per heavy atom. The Kier molecular flexibility index (Phi) is 5.55. The Balaban J connectivity index is 1.62. The van der Waals surface area contributed by atoms with Gasteiger partial charge in [-0.1, -0.05) is 18.2 Å². The minimum atomic E-state index is -0.972. The van der Waals surface area contributed by atoms with Gasteiger partial charge in [0.25, 0.3) is 5.91 Å². The first-order valence-corrected chi connectivity index (χ1v) is 8.02. The van der Waals surface area contributed by atoms with E-state index < -0.39 is 17.5 Å². The molecule has 3 aromatic rings. The van der Waals surface area contributed by atoms with Gasteiger partial charge < -0.3 is 15.4 Å². The van der Waals surface area contributed by atoms with Gasteiger partial charge in [0.05, 0.1) is 7.11 Å². The molecule has 0 aliphatic carbocycles. The van der Waals surface area contributed by atoms with Crippen molar-refractivity contribution in [3.8, 4) is 5.75 Å². The van der Waals surface area contributed by atoms with E-state index in [2.05, 4.69) is 20.8 Å². The molecule has 0 spiro atoms. The van der Waals surface area contributed by atoms with Crippen LogP contribution in [0.5, 0.6) is 5.75 Å². The van der Waals surface area contributed by atoms with Crippen molar-refractivity contribution in [2.45, 2.75) is 6.54 Å². The van der Waals surface area contributed by atoms with Crippen molar-refractivity contribution in [2.24, 2.45) is 0 Å². The van der Waals surface area contributed by atoms with Gasteiger partial charge in [-0.25, -0.2) is 8.78 Å². The van der Waals surface area contributed by atoms with Crippen LogP contribution < -0.4 is 15.4 Å². The summed E-state index contributed by atoms with van der Waals surface area (Å²) >= 11 is 0. The van der Waals surface area contributed by atoms with Crippen LogP contribution in [0, 0.1) is 11.6 Å². The van der Waals surface area contributed by atoms with Crippen LogP contribution in [0.2, 0.25) is 0 Å². The van der Waals surface area contributed by atoms with Crippen LogP contribution in [0.4, 0.5) is 20.3 Å². The Hall–Kier alpha value is -3.55. The summed E-state index contributed by atoms with van der Waals surface area (Å²) in [6.07, 6.45) is 0. The highest BCUT2D eigenvalue weighted by Crippen LogP contribution is 2.18. The first-order valence-electron chi connectivity index (χ1n) is 8.02. The standard InChI is InChI=1S/C19H16F2N4O2/c1-27-17-5-3-2-4-12(17)11-22-19(26)16-8-9-18(25-24-16)23-13-6-7-14(20)15(21)10-13/h2-10H,11H2,1H3,(H,22,26)(H,23,25). The first kappa shape index (κ1) is 18.2. The van der Waals surface area contributed by atoms with Gasteiger partial charge in [0.15, 0.2) is 23.1 Å². The van der Waals surface area contributed by atoms with Gasteiger partial charge in [0, 0.05) is 23.9 Å². The fourth-order valence-electron chi connectivity index (χ4n) is 2.36. The van der Waals surface area contributed by atoms with Crippen LogP contribution in [0.15, 0.2) is 54.6 Å². The van der Waals surface area contributed by atoms with E-state index in [9.17, 15) is 13.6 Å². The molecule has 2 N–H and O–H groups in total. The van der Waals surface area contributed by atoms with Gasteiger partial charge in [-0.15, -0.1) is 10.2 Å². The van der Waals surface area contributed by atoms with E-state index in [0.29, 0.717) is 17.3 Å². The number of hydrogen-bond acceptors (Lipinski definition) is 5. The molecule has 138 valence electrons. The lowest BCUT2D eigenvalue weighted by atomic mass is 10.2. The van der Waals surface area contributed by atoms with Crippen LogP contribution in [-0.4, -0.2) is 23.2 Å². The summed E-state index contributed by atoms with van der Waals surface area (Å²) in [5.74, 6) is -1.33. The summed E-state index contributed by atoms with van der Waals surface area (Å²) in [6, 6.07) is 13.7. The molecule has 3 rings (SSSR count). The van der Waals surface area contributed by atoms with E-state index in [1.54, 1.807) is 13.2 Å². The second kappa shape index (κ2) is 8.22. The molecular weight excluding hydrogens is 354 g/mol. The number of anilines is 2. The predicted octanol–water partition coefficient (Wildman–Crippen LogP) is 3.44. The van der Waals surface area contributed by atoms with Crippen LogP contribution in [0.25, 0.3) is 0 Å². The molecule has 6 nitrogen and oxygen atoms in total. The minimum Gasteiger partial charge on any atom is -0.496 e. The fourth-order valence-corrected chi connectivity index (χ4v) is 2.36. The lowest BCUT2D eigenvalue weighted by molar-refractivity contribution is 0.0944. The topological polar surface area (TPSA) is 76.1 Å². The number of benzene rings is 2. The Morgan fingerprint density at radius 2 is 1.85 bits per heavy atom. The number of rotatable bonds is 6. The van der Waals surface area contributed by atoms with Gasteiger partial charge in [-0.05, 0) is 30.3 Å². The second-order valence-electron chi connectivity index (χ2n) is 5.55. The van der Waals surface area contributed by atoms with Gasteiger partial charge in [-0.2, -0.15) is 0 Å². The highest BCUT2D eigenvalue weighted by Gasteiger charge is 2.10. The lowest BCUT2D eigenvalue weighted by Crippen LogP contribution is -2.24. The van der Waals surface area contributed by atoms with Crippen molar-refractivity contribution in [2.75, 3.05) is 12.4 Å². The maximum absolute atomic E-state index is 13.2. The Morgan fingerprint density at radius 3 is 2.56 bits per heavy atom. The molecule has 0 saturated heterocycles. The minimum absolute atomic E-state index is 0.126. The van der Waals surface area contributed by atoms with Crippen molar-refractivity contribution < 1.29 is 18.3 Å². The van der Waals surface area contributed by atoms with Crippen LogP contribution in [0.1, 0.15) is 16.1 Å². The second-order valence-corrected chi connectivity index (χ2v) is 5.55. The Bertz CT molecular complexity index is 949. The summed E-state index contributed by atoms with van der Waals surface area (Å²) in [5.41, 5.74) is 1.27. The molecule has 0 fully saturated rings. The largest absolute Gasteiger partial charge is 0.496 e. The summed E-state index contributed by atoms with van der Waals surface area (Å²) in [7, 11) is 1.56. The number of methoxy groups -OCH3 is 1. The monoisotopic (exact) mass is 370 g/mol. The number of nitrogens with one attached hydrogen (secondary N) is 2. The number of nitrogens with zero attached hydrogens (tertiary/aromatic N) is 2. The molecule has 8 heteroatoms. The molecule has 0 bridgehead atoms. The van der Waals surface area contributed by atoms with Crippen molar-refractivity contribution in [1.82, 2.24) is 15.5 Å². The predicted molar refractivity (Wildman–Crippen MR) is 95.8 cm³/mol. The van der Waals surface area contributed by atoms with Gasteiger partial charge >= 0.3 is 0 Å². The van der Waals surface area contributed by atoms with E-state index in [0.717, 1.165) is 17.7 Å². The number of ether oxygens (including phenoxy) is 1. The zero-order chi connectivity index (χ0) is 19.2. The third-order valence-electron chi connectivity index (χ3n) is 3.72. The van der Waals surface area contributed by atoms with Crippen molar-refractivity contribution in [1.29, 1.82) is 0 Å². The SMILES string of the molecule is COc1ccccc1CNC(=O)c1ccc(Nc2ccc(F)c(F)c2)nn1. The third kappa shape index (κ3) is 4.55.